The van der Waals surface area contributed by atoms with Crippen molar-refractivity contribution in [1.29, 1.82) is 0 Å². The Bertz CT molecular complexity index is 962. The van der Waals surface area contributed by atoms with Crippen molar-refractivity contribution in [3.05, 3.63) is 47.7 Å². The number of esters is 1. The summed E-state index contributed by atoms with van der Waals surface area (Å²) in [5, 5.41) is 6.80. The summed E-state index contributed by atoms with van der Waals surface area (Å²) in [6.07, 6.45) is 1.38. The van der Waals surface area contributed by atoms with Crippen LogP contribution in [0.4, 0.5) is 5.82 Å². The van der Waals surface area contributed by atoms with Crippen LogP contribution in [0.5, 0.6) is 0 Å². The van der Waals surface area contributed by atoms with Gasteiger partial charge in [0, 0.05) is 33.2 Å². The van der Waals surface area contributed by atoms with Crippen LogP contribution in [0.2, 0.25) is 0 Å². The molecule has 9 heteroatoms. The lowest BCUT2D eigenvalue weighted by molar-refractivity contribution is -0.138. The van der Waals surface area contributed by atoms with Crippen LogP contribution in [0.15, 0.2) is 36.5 Å². The second-order valence-electron chi connectivity index (χ2n) is 8.36. The van der Waals surface area contributed by atoms with E-state index in [1.807, 2.05) is 54.0 Å². The average molecular weight is 442 g/mol. The number of carbonyl (C=O) groups excluding carboxylic acids is 3. The van der Waals surface area contributed by atoms with Gasteiger partial charge < -0.3 is 15.0 Å². The Kier molecular flexibility index (Phi) is 7.29. The molecule has 0 bridgehead atoms. The lowest BCUT2D eigenvalue weighted by Gasteiger charge is -2.38. The number of hydrogen-bond acceptors (Lipinski definition) is 6. The standard InChI is InChI=1S/C23H31N5O4/c1-5-32-21(30)18-15-24-26(4)20(18)25-19(29)16-27-11-13-28(14-12-27)22(31)23(2,3)17-9-7-6-8-10-17/h6-10,15H,5,11-14,16H2,1-4H3,(H,25,29). The number of carbonyl (C=O) groups is 3. The second-order valence-corrected chi connectivity index (χ2v) is 8.36. The van der Waals surface area contributed by atoms with Crippen molar-refractivity contribution in [2.24, 2.45) is 7.05 Å². The first-order chi connectivity index (χ1) is 15.2. The van der Waals surface area contributed by atoms with E-state index in [1.165, 1.54) is 10.9 Å². The highest BCUT2D eigenvalue weighted by Crippen LogP contribution is 2.26. The molecule has 1 saturated heterocycles. The number of nitrogens with one attached hydrogen (secondary N) is 1. The number of hydrogen-bond donors (Lipinski definition) is 1. The summed E-state index contributed by atoms with van der Waals surface area (Å²) < 4.78 is 6.45. The van der Waals surface area contributed by atoms with Gasteiger partial charge in [-0.3, -0.25) is 19.2 Å². The number of anilines is 1. The van der Waals surface area contributed by atoms with Gasteiger partial charge in [-0.2, -0.15) is 5.10 Å². The minimum absolute atomic E-state index is 0.0850. The van der Waals surface area contributed by atoms with Crippen LogP contribution < -0.4 is 5.32 Å². The quantitative estimate of drug-likeness (QED) is 0.657. The maximum atomic E-state index is 13.1. The van der Waals surface area contributed by atoms with Crippen LogP contribution in [0.3, 0.4) is 0 Å². The molecular formula is C23H31N5O4. The lowest BCUT2D eigenvalue weighted by Crippen LogP contribution is -2.54. The summed E-state index contributed by atoms with van der Waals surface area (Å²) in [5.41, 5.74) is 0.603. The molecule has 0 unspecified atom stereocenters. The van der Waals surface area contributed by atoms with Crippen molar-refractivity contribution in [2.45, 2.75) is 26.2 Å². The van der Waals surface area contributed by atoms with E-state index in [0.29, 0.717) is 32.0 Å². The molecule has 1 aliphatic rings. The Morgan fingerprint density at radius 2 is 1.75 bits per heavy atom. The largest absolute Gasteiger partial charge is 0.462 e. The fourth-order valence-electron chi connectivity index (χ4n) is 3.80. The molecule has 0 spiro atoms. The van der Waals surface area contributed by atoms with Crippen molar-refractivity contribution in [3.8, 4) is 0 Å². The summed E-state index contributed by atoms with van der Waals surface area (Å²) >= 11 is 0. The van der Waals surface area contributed by atoms with Crippen molar-refractivity contribution < 1.29 is 19.1 Å². The molecule has 9 nitrogen and oxygen atoms in total. The van der Waals surface area contributed by atoms with Crippen molar-refractivity contribution in [2.75, 3.05) is 44.6 Å². The van der Waals surface area contributed by atoms with Gasteiger partial charge in [-0.1, -0.05) is 30.3 Å². The molecule has 2 aromatic rings. The van der Waals surface area contributed by atoms with Crippen LogP contribution >= 0.6 is 0 Å². The highest BCUT2D eigenvalue weighted by molar-refractivity contribution is 6.00. The molecule has 1 aliphatic heterocycles. The zero-order chi connectivity index (χ0) is 23.3. The summed E-state index contributed by atoms with van der Waals surface area (Å²) in [4.78, 5) is 41.6. The monoisotopic (exact) mass is 441 g/mol. The Hall–Kier alpha value is -3.20. The Balaban J connectivity index is 1.54. The number of aromatic nitrogens is 2. The Morgan fingerprint density at radius 1 is 1.09 bits per heavy atom. The Labute approximate surface area is 188 Å². The molecule has 1 fully saturated rings. The predicted octanol–water partition coefficient (Wildman–Crippen LogP) is 1.66. The first-order valence-corrected chi connectivity index (χ1v) is 10.8. The lowest BCUT2D eigenvalue weighted by atomic mass is 9.83. The molecule has 0 aliphatic carbocycles. The van der Waals surface area contributed by atoms with Gasteiger partial charge in [0.15, 0.2) is 0 Å². The average Bonchev–Trinajstić information content (AvgIpc) is 3.14. The zero-order valence-corrected chi connectivity index (χ0v) is 19.1. The molecule has 0 radical (unpaired) electrons. The van der Waals surface area contributed by atoms with E-state index >= 15 is 0 Å². The number of nitrogens with zero attached hydrogens (tertiary/aromatic N) is 4. The molecule has 1 aromatic heterocycles. The third-order valence-corrected chi connectivity index (χ3v) is 5.75. The number of aryl methyl sites for hydroxylation is 1. The Morgan fingerprint density at radius 3 is 2.38 bits per heavy atom. The van der Waals surface area contributed by atoms with Crippen molar-refractivity contribution in [3.63, 3.8) is 0 Å². The number of rotatable bonds is 7. The minimum atomic E-state index is -0.607. The topological polar surface area (TPSA) is 96.8 Å². The maximum absolute atomic E-state index is 13.1. The molecule has 32 heavy (non-hydrogen) atoms. The fourth-order valence-corrected chi connectivity index (χ4v) is 3.80. The van der Waals surface area contributed by atoms with E-state index in [4.69, 9.17) is 4.74 Å². The maximum Gasteiger partial charge on any atom is 0.343 e. The van der Waals surface area contributed by atoms with Gasteiger partial charge in [-0.25, -0.2) is 4.79 Å². The zero-order valence-electron chi connectivity index (χ0n) is 19.1. The molecular weight excluding hydrogens is 410 g/mol. The molecule has 2 amide bonds. The van der Waals surface area contributed by atoms with Gasteiger partial charge in [0.1, 0.15) is 11.4 Å². The van der Waals surface area contributed by atoms with Gasteiger partial charge in [-0.05, 0) is 26.3 Å². The van der Waals surface area contributed by atoms with Gasteiger partial charge in [0.2, 0.25) is 11.8 Å². The van der Waals surface area contributed by atoms with Gasteiger partial charge in [0.05, 0.1) is 24.8 Å². The van der Waals surface area contributed by atoms with Crippen LogP contribution in [0.25, 0.3) is 0 Å². The van der Waals surface area contributed by atoms with Crippen molar-refractivity contribution >= 4 is 23.6 Å². The summed E-state index contributed by atoms with van der Waals surface area (Å²) in [5.74, 6) is -0.374. The molecule has 1 N–H and O–H groups in total. The third-order valence-electron chi connectivity index (χ3n) is 5.75. The third kappa shape index (κ3) is 5.16. The second kappa shape index (κ2) is 9.95. The summed E-state index contributed by atoms with van der Waals surface area (Å²) in [6.45, 7) is 8.32. The highest BCUT2D eigenvalue weighted by Gasteiger charge is 2.35. The van der Waals surface area contributed by atoms with Crippen LogP contribution in [0.1, 0.15) is 36.7 Å². The van der Waals surface area contributed by atoms with E-state index in [0.717, 1.165) is 5.56 Å². The summed E-state index contributed by atoms with van der Waals surface area (Å²) in [6, 6.07) is 9.77. The molecule has 1 aromatic carbocycles. The van der Waals surface area contributed by atoms with Gasteiger partial charge >= 0.3 is 5.97 Å². The van der Waals surface area contributed by atoms with E-state index in [1.54, 1.807) is 14.0 Å². The van der Waals surface area contributed by atoms with E-state index in [9.17, 15) is 14.4 Å². The van der Waals surface area contributed by atoms with Gasteiger partial charge in [-0.15, -0.1) is 0 Å². The number of benzene rings is 1. The summed E-state index contributed by atoms with van der Waals surface area (Å²) in [7, 11) is 1.65. The number of amides is 2. The highest BCUT2D eigenvalue weighted by atomic mass is 16.5. The molecule has 0 saturated carbocycles. The van der Waals surface area contributed by atoms with E-state index < -0.39 is 11.4 Å². The number of piperazine rings is 1. The number of ether oxygens (including phenoxy) is 1. The molecule has 0 atom stereocenters. The first-order valence-electron chi connectivity index (χ1n) is 10.8. The molecule has 2 heterocycles. The van der Waals surface area contributed by atoms with E-state index in [2.05, 4.69) is 10.4 Å². The normalized spacial score (nSPS) is 14.8. The predicted molar refractivity (Wildman–Crippen MR) is 120 cm³/mol. The molecule has 172 valence electrons. The minimum Gasteiger partial charge on any atom is -0.462 e. The first kappa shape index (κ1) is 23.5. The van der Waals surface area contributed by atoms with Gasteiger partial charge in [0.25, 0.3) is 0 Å². The fraction of sp³-hybridized carbons (Fsp3) is 0.478. The SMILES string of the molecule is CCOC(=O)c1cnn(C)c1NC(=O)CN1CCN(C(=O)C(C)(C)c2ccccc2)CC1. The smallest absolute Gasteiger partial charge is 0.343 e. The van der Waals surface area contributed by atoms with Crippen molar-refractivity contribution in [1.82, 2.24) is 19.6 Å². The van der Waals surface area contributed by atoms with Crippen LogP contribution in [-0.2, 0) is 26.8 Å². The van der Waals surface area contributed by atoms with E-state index in [-0.39, 0.29) is 30.5 Å². The van der Waals surface area contributed by atoms with Crippen LogP contribution in [-0.4, -0.2) is 76.7 Å². The molecule has 3 rings (SSSR count). The van der Waals surface area contributed by atoms with Crippen LogP contribution in [0, 0.1) is 0 Å².